The highest BCUT2D eigenvalue weighted by molar-refractivity contribution is 5.96. The van der Waals surface area contributed by atoms with Crippen LogP contribution in [-0.2, 0) is 0 Å². The molecule has 19 heavy (non-hydrogen) atoms. The van der Waals surface area contributed by atoms with E-state index in [9.17, 15) is 4.79 Å². The molecule has 0 saturated heterocycles. The Balaban J connectivity index is 2.94. The number of ether oxygens (including phenoxy) is 1. The molecule has 1 rings (SSSR count). The van der Waals surface area contributed by atoms with Crippen LogP contribution in [0, 0.1) is 17.2 Å². The lowest BCUT2D eigenvalue weighted by atomic mass is 10.1. The van der Waals surface area contributed by atoms with Crippen LogP contribution in [0.3, 0.4) is 0 Å². The van der Waals surface area contributed by atoms with Gasteiger partial charge in [0, 0.05) is 19.3 Å². The molecule has 0 aromatic carbocycles. The molecule has 0 aliphatic carbocycles. The van der Waals surface area contributed by atoms with Gasteiger partial charge in [0.15, 0.2) is 0 Å². The molecule has 5 nitrogen and oxygen atoms in total. The van der Waals surface area contributed by atoms with Crippen LogP contribution in [0.25, 0.3) is 0 Å². The SMILES string of the molecule is CCOc1ncccc1C(=O)N(CC)C[C@H](C)C#N. The van der Waals surface area contributed by atoms with Crippen LogP contribution in [0.5, 0.6) is 5.88 Å². The maximum absolute atomic E-state index is 12.4. The lowest BCUT2D eigenvalue weighted by Gasteiger charge is -2.22. The summed E-state index contributed by atoms with van der Waals surface area (Å²) in [6.45, 7) is 6.94. The molecule has 1 heterocycles. The maximum atomic E-state index is 12.4. The number of aromatic nitrogens is 1. The van der Waals surface area contributed by atoms with E-state index >= 15 is 0 Å². The summed E-state index contributed by atoms with van der Waals surface area (Å²) >= 11 is 0. The van der Waals surface area contributed by atoms with Crippen molar-refractivity contribution >= 4 is 5.91 Å². The van der Waals surface area contributed by atoms with E-state index in [2.05, 4.69) is 11.1 Å². The van der Waals surface area contributed by atoms with Gasteiger partial charge in [-0.3, -0.25) is 4.79 Å². The minimum atomic E-state index is -0.198. The highest BCUT2D eigenvalue weighted by Gasteiger charge is 2.20. The van der Waals surface area contributed by atoms with Gasteiger partial charge in [0.05, 0.1) is 18.6 Å². The Bertz CT molecular complexity index is 468. The summed E-state index contributed by atoms with van der Waals surface area (Å²) in [5.74, 6) is -0.00433. The van der Waals surface area contributed by atoms with Crippen molar-refractivity contribution < 1.29 is 9.53 Å². The second-order valence-electron chi connectivity index (χ2n) is 4.16. The summed E-state index contributed by atoms with van der Waals surface area (Å²) in [6.07, 6.45) is 1.59. The normalized spacial score (nSPS) is 11.5. The molecule has 0 bridgehead atoms. The fourth-order valence-corrected chi connectivity index (χ4v) is 1.70. The first kappa shape index (κ1) is 15.0. The quantitative estimate of drug-likeness (QED) is 0.786. The smallest absolute Gasteiger partial charge is 0.259 e. The predicted molar refractivity (Wildman–Crippen MR) is 71.8 cm³/mol. The van der Waals surface area contributed by atoms with E-state index in [1.807, 2.05) is 13.8 Å². The molecule has 1 amide bonds. The second kappa shape index (κ2) is 7.37. The Morgan fingerprint density at radius 2 is 2.32 bits per heavy atom. The van der Waals surface area contributed by atoms with Crippen LogP contribution in [0.4, 0.5) is 0 Å². The molecule has 0 saturated carbocycles. The van der Waals surface area contributed by atoms with Crippen molar-refractivity contribution in [2.45, 2.75) is 20.8 Å². The zero-order valence-electron chi connectivity index (χ0n) is 11.6. The van der Waals surface area contributed by atoms with Gasteiger partial charge in [-0.2, -0.15) is 5.26 Å². The predicted octanol–water partition coefficient (Wildman–Crippen LogP) is 2.10. The van der Waals surface area contributed by atoms with E-state index in [1.54, 1.807) is 30.2 Å². The summed E-state index contributed by atoms with van der Waals surface area (Å²) in [5.41, 5.74) is 0.441. The fraction of sp³-hybridized carbons (Fsp3) is 0.500. The average molecular weight is 261 g/mol. The number of hydrogen-bond donors (Lipinski definition) is 0. The van der Waals surface area contributed by atoms with Crippen molar-refractivity contribution in [2.75, 3.05) is 19.7 Å². The van der Waals surface area contributed by atoms with E-state index in [1.165, 1.54) is 0 Å². The zero-order valence-corrected chi connectivity index (χ0v) is 11.6. The van der Waals surface area contributed by atoms with E-state index in [-0.39, 0.29) is 11.8 Å². The van der Waals surface area contributed by atoms with Gasteiger partial charge < -0.3 is 9.64 Å². The monoisotopic (exact) mass is 261 g/mol. The van der Waals surface area contributed by atoms with Crippen molar-refractivity contribution in [3.05, 3.63) is 23.9 Å². The average Bonchev–Trinajstić information content (AvgIpc) is 2.44. The Morgan fingerprint density at radius 3 is 2.89 bits per heavy atom. The fourth-order valence-electron chi connectivity index (χ4n) is 1.70. The summed E-state index contributed by atoms with van der Waals surface area (Å²) in [5, 5.41) is 8.85. The number of pyridine rings is 1. The molecule has 0 unspecified atom stereocenters. The lowest BCUT2D eigenvalue weighted by Crippen LogP contribution is -2.34. The van der Waals surface area contributed by atoms with Gasteiger partial charge in [0.2, 0.25) is 5.88 Å². The number of rotatable bonds is 6. The molecular formula is C14H19N3O2. The molecule has 1 aromatic heterocycles. The van der Waals surface area contributed by atoms with Crippen molar-refractivity contribution in [1.29, 1.82) is 5.26 Å². The topological polar surface area (TPSA) is 66.2 Å². The van der Waals surface area contributed by atoms with E-state index in [0.717, 1.165) is 0 Å². The molecule has 0 aliphatic rings. The van der Waals surface area contributed by atoms with E-state index in [4.69, 9.17) is 10.00 Å². The number of nitriles is 1. The Hall–Kier alpha value is -2.09. The molecule has 1 atom stereocenters. The van der Waals surface area contributed by atoms with Crippen molar-refractivity contribution in [3.63, 3.8) is 0 Å². The van der Waals surface area contributed by atoms with Crippen molar-refractivity contribution in [3.8, 4) is 11.9 Å². The minimum Gasteiger partial charge on any atom is -0.477 e. The molecule has 0 aliphatic heterocycles. The molecule has 0 spiro atoms. The largest absolute Gasteiger partial charge is 0.477 e. The minimum absolute atomic E-state index is 0.152. The lowest BCUT2D eigenvalue weighted by molar-refractivity contribution is 0.0747. The number of hydrogen-bond acceptors (Lipinski definition) is 4. The summed E-state index contributed by atoms with van der Waals surface area (Å²) in [6, 6.07) is 5.54. The Kier molecular flexibility index (Phi) is 5.80. The van der Waals surface area contributed by atoms with Crippen LogP contribution < -0.4 is 4.74 Å². The van der Waals surface area contributed by atoms with E-state index < -0.39 is 0 Å². The van der Waals surface area contributed by atoms with Crippen LogP contribution in [0.2, 0.25) is 0 Å². The first-order valence-electron chi connectivity index (χ1n) is 6.40. The highest BCUT2D eigenvalue weighted by Crippen LogP contribution is 2.17. The highest BCUT2D eigenvalue weighted by atomic mass is 16.5. The molecule has 0 fully saturated rings. The summed E-state index contributed by atoms with van der Waals surface area (Å²) in [4.78, 5) is 18.1. The standard InChI is InChI=1S/C14H19N3O2/c1-4-17(10-11(3)9-15)14(18)12-7-6-8-16-13(12)19-5-2/h6-8,11H,4-5,10H2,1-3H3/t11-/m1/s1. The molecule has 1 aromatic rings. The first-order chi connectivity index (χ1) is 9.13. The van der Waals surface area contributed by atoms with Gasteiger partial charge in [-0.15, -0.1) is 0 Å². The molecule has 0 N–H and O–H groups in total. The first-order valence-corrected chi connectivity index (χ1v) is 6.40. The summed E-state index contributed by atoms with van der Waals surface area (Å²) in [7, 11) is 0. The van der Waals surface area contributed by atoms with Crippen molar-refractivity contribution in [1.82, 2.24) is 9.88 Å². The van der Waals surface area contributed by atoms with Gasteiger partial charge in [-0.25, -0.2) is 4.98 Å². The number of nitrogens with zero attached hydrogens (tertiary/aromatic N) is 3. The van der Waals surface area contributed by atoms with Gasteiger partial charge in [-0.05, 0) is 32.9 Å². The summed E-state index contributed by atoms with van der Waals surface area (Å²) < 4.78 is 5.36. The van der Waals surface area contributed by atoms with E-state index in [0.29, 0.717) is 31.1 Å². The van der Waals surface area contributed by atoms with Crippen LogP contribution in [0.1, 0.15) is 31.1 Å². The molecule has 5 heteroatoms. The van der Waals surface area contributed by atoms with Gasteiger partial charge in [-0.1, -0.05) is 0 Å². The van der Waals surface area contributed by atoms with Gasteiger partial charge >= 0.3 is 0 Å². The number of carbonyl (C=O) groups excluding carboxylic acids is 1. The third-order valence-corrected chi connectivity index (χ3v) is 2.67. The molecule has 0 radical (unpaired) electrons. The molecular weight excluding hydrogens is 242 g/mol. The van der Waals surface area contributed by atoms with Gasteiger partial charge in [0.25, 0.3) is 5.91 Å². The third-order valence-electron chi connectivity index (χ3n) is 2.67. The zero-order chi connectivity index (χ0) is 14.3. The Labute approximate surface area is 113 Å². The van der Waals surface area contributed by atoms with Gasteiger partial charge in [0.1, 0.15) is 5.56 Å². The van der Waals surface area contributed by atoms with Crippen LogP contribution in [0.15, 0.2) is 18.3 Å². The third kappa shape index (κ3) is 3.95. The number of amides is 1. The van der Waals surface area contributed by atoms with Crippen LogP contribution in [-0.4, -0.2) is 35.5 Å². The Morgan fingerprint density at radius 1 is 1.58 bits per heavy atom. The van der Waals surface area contributed by atoms with Crippen LogP contribution >= 0.6 is 0 Å². The van der Waals surface area contributed by atoms with Crippen molar-refractivity contribution in [2.24, 2.45) is 5.92 Å². The maximum Gasteiger partial charge on any atom is 0.259 e. The number of carbonyl (C=O) groups is 1. The molecule has 102 valence electrons. The second-order valence-corrected chi connectivity index (χ2v) is 4.16.